The third kappa shape index (κ3) is 2.40. The fraction of sp³-hybridized carbons (Fsp3) is 0.357. The Hall–Kier alpha value is -2.15. The summed E-state index contributed by atoms with van der Waals surface area (Å²) < 4.78 is 0. The molecule has 0 radical (unpaired) electrons. The summed E-state index contributed by atoms with van der Waals surface area (Å²) in [5, 5.41) is 8.44. The molecule has 1 aromatic carbocycles. The largest absolute Gasteiger partial charge is 0.278 e. The molecule has 0 spiro atoms. The van der Waals surface area contributed by atoms with E-state index in [1.807, 2.05) is 12.1 Å². The average molecular weight is 242 g/mol. The predicted molar refractivity (Wildman–Crippen MR) is 65.7 cm³/mol. The van der Waals surface area contributed by atoms with Crippen LogP contribution in [-0.4, -0.2) is 23.3 Å². The van der Waals surface area contributed by atoms with Crippen molar-refractivity contribution < 1.29 is 9.59 Å². The molecule has 4 heteroatoms. The second-order valence-corrected chi connectivity index (χ2v) is 4.30. The molecule has 1 heterocycles. The van der Waals surface area contributed by atoms with Gasteiger partial charge in [-0.05, 0) is 24.5 Å². The van der Waals surface area contributed by atoms with Crippen LogP contribution in [0, 0.1) is 11.3 Å². The highest BCUT2D eigenvalue weighted by Crippen LogP contribution is 2.19. The van der Waals surface area contributed by atoms with Crippen molar-refractivity contribution in [2.24, 2.45) is 0 Å². The maximum Gasteiger partial charge on any atom is 0.260 e. The molecule has 0 saturated carbocycles. The standard InChI is InChI=1S/C14H14N2O2/c15-8-4-1-5-9-16-13(17)10-11-6-2-3-7-12(11)14(16)18/h2-3,6-7H,1,4-5,9-10H2. The van der Waals surface area contributed by atoms with Crippen molar-refractivity contribution in [3.05, 3.63) is 35.4 Å². The Labute approximate surface area is 106 Å². The van der Waals surface area contributed by atoms with Crippen LogP contribution in [0.3, 0.4) is 0 Å². The van der Waals surface area contributed by atoms with Crippen LogP contribution in [0.15, 0.2) is 24.3 Å². The molecule has 4 nitrogen and oxygen atoms in total. The van der Waals surface area contributed by atoms with E-state index in [0.717, 1.165) is 12.0 Å². The van der Waals surface area contributed by atoms with Crippen LogP contribution in [0.1, 0.15) is 35.2 Å². The van der Waals surface area contributed by atoms with Crippen LogP contribution in [-0.2, 0) is 11.2 Å². The van der Waals surface area contributed by atoms with E-state index >= 15 is 0 Å². The number of rotatable bonds is 4. The van der Waals surface area contributed by atoms with Crippen molar-refractivity contribution >= 4 is 11.8 Å². The van der Waals surface area contributed by atoms with E-state index in [2.05, 4.69) is 6.07 Å². The molecule has 2 rings (SSSR count). The lowest BCUT2D eigenvalue weighted by Gasteiger charge is -2.26. The number of fused-ring (bicyclic) bond motifs is 1. The molecule has 1 aromatic rings. The lowest BCUT2D eigenvalue weighted by Crippen LogP contribution is -2.42. The number of nitriles is 1. The topological polar surface area (TPSA) is 61.2 Å². The monoisotopic (exact) mass is 242 g/mol. The van der Waals surface area contributed by atoms with E-state index in [1.54, 1.807) is 12.1 Å². The van der Waals surface area contributed by atoms with Gasteiger partial charge in [0.25, 0.3) is 5.91 Å². The number of carbonyl (C=O) groups is 2. The highest BCUT2D eigenvalue weighted by molar-refractivity contribution is 6.09. The summed E-state index contributed by atoms with van der Waals surface area (Å²) >= 11 is 0. The van der Waals surface area contributed by atoms with Crippen LogP contribution in [0.5, 0.6) is 0 Å². The fourth-order valence-electron chi connectivity index (χ4n) is 2.10. The van der Waals surface area contributed by atoms with Crippen molar-refractivity contribution in [2.75, 3.05) is 6.54 Å². The molecule has 0 N–H and O–H groups in total. The first kappa shape index (κ1) is 12.3. The molecule has 0 aromatic heterocycles. The molecule has 0 unspecified atom stereocenters. The minimum Gasteiger partial charge on any atom is -0.278 e. The van der Waals surface area contributed by atoms with Gasteiger partial charge in [0.15, 0.2) is 0 Å². The minimum absolute atomic E-state index is 0.143. The van der Waals surface area contributed by atoms with Gasteiger partial charge in [0.1, 0.15) is 0 Å². The maximum absolute atomic E-state index is 12.1. The average Bonchev–Trinajstić information content (AvgIpc) is 2.38. The molecule has 1 aliphatic rings. The summed E-state index contributed by atoms with van der Waals surface area (Å²) in [5.74, 6) is -0.352. The molecule has 1 aliphatic heterocycles. The van der Waals surface area contributed by atoms with E-state index in [4.69, 9.17) is 5.26 Å². The van der Waals surface area contributed by atoms with Crippen LogP contribution >= 0.6 is 0 Å². The SMILES string of the molecule is N#CCCCCN1C(=O)Cc2ccccc2C1=O. The van der Waals surface area contributed by atoms with Crippen LogP contribution in [0.4, 0.5) is 0 Å². The van der Waals surface area contributed by atoms with Gasteiger partial charge < -0.3 is 0 Å². The number of amides is 2. The van der Waals surface area contributed by atoms with Gasteiger partial charge in [-0.1, -0.05) is 18.2 Å². The Morgan fingerprint density at radius 2 is 2.00 bits per heavy atom. The third-order valence-electron chi connectivity index (χ3n) is 3.06. The fourth-order valence-corrected chi connectivity index (χ4v) is 2.10. The van der Waals surface area contributed by atoms with E-state index < -0.39 is 0 Å². The summed E-state index contributed by atoms with van der Waals surface area (Å²) in [4.78, 5) is 25.3. The molecule has 0 bridgehead atoms. The zero-order valence-electron chi connectivity index (χ0n) is 10.1. The Morgan fingerprint density at radius 3 is 2.78 bits per heavy atom. The zero-order chi connectivity index (χ0) is 13.0. The van der Waals surface area contributed by atoms with Gasteiger partial charge in [-0.25, -0.2) is 0 Å². The quantitative estimate of drug-likeness (QED) is 0.598. The summed E-state index contributed by atoms with van der Waals surface area (Å²) in [7, 11) is 0. The normalized spacial score (nSPS) is 14.3. The van der Waals surface area contributed by atoms with Gasteiger partial charge in [-0.2, -0.15) is 5.26 Å². The van der Waals surface area contributed by atoms with Gasteiger partial charge >= 0.3 is 0 Å². The molecule has 0 atom stereocenters. The Kier molecular flexibility index (Phi) is 3.73. The predicted octanol–water partition coefficient (Wildman–Crippen LogP) is 1.91. The molecule has 18 heavy (non-hydrogen) atoms. The molecule has 2 amide bonds. The number of hydrogen-bond donors (Lipinski definition) is 0. The Morgan fingerprint density at radius 1 is 1.22 bits per heavy atom. The smallest absolute Gasteiger partial charge is 0.260 e. The highest BCUT2D eigenvalue weighted by Gasteiger charge is 2.29. The van der Waals surface area contributed by atoms with Gasteiger partial charge in [-0.3, -0.25) is 14.5 Å². The van der Waals surface area contributed by atoms with Crippen molar-refractivity contribution in [1.29, 1.82) is 5.26 Å². The van der Waals surface area contributed by atoms with E-state index in [-0.39, 0.29) is 11.8 Å². The summed E-state index contributed by atoms with van der Waals surface area (Å²) in [6.45, 7) is 0.410. The lowest BCUT2D eigenvalue weighted by molar-refractivity contribution is -0.128. The highest BCUT2D eigenvalue weighted by atomic mass is 16.2. The number of unbranched alkanes of at least 4 members (excludes halogenated alkanes) is 2. The number of imide groups is 1. The number of nitrogens with zero attached hydrogens (tertiary/aromatic N) is 2. The minimum atomic E-state index is -0.209. The van der Waals surface area contributed by atoms with E-state index in [1.165, 1.54) is 4.90 Å². The summed E-state index contributed by atoms with van der Waals surface area (Å²) in [6.07, 6.45) is 2.16. The third-order valence-corrected chi connectivity index (χ3v) is 3.06. The molecular formula is C14H14N2O2. The van der Waals surface area contributed by atoms with E-state index in [0.29, 0.717) is 31.4 Å². The van der Waals surface area contributed by atoms with Crippen LogP contribution < -0.4 is 0 Å². The van der Waals surface area contributed by atoms with Gasteiger partial charge in [-0.15, -0.1) is 0 Å². The zero-order valence-corrected chi connectivity index (χ0v) is 10.1. The molecule has 0 saturated heterocycles. The molecule has 0 fully saturated rings. The number of benzene rings is 1. The second kappa shape index (κ2) is 5.46. The Balaban J connectivity index is 2.08. The number of carbonyl (C=O) groups excluding carboxylic acids is 2. The maximum atomic E-state index is 12.1. The van der Waals surface area contributed by atoms with Crippen molar-refractivity contribution in [3.8, 4) is 6.07 Å². The summed E-state index contributed by atoms with van der Waals surface area (Å²) in [5.41, 5.74) is 1.43. The first-order valence-electron chi connectivity index (χ1n) is 6.03. The molecular weight excluding hydrogens is 228 g/mol. The first-order chi connectivity index (χ1) is 8.74. The second-order valence-electron chi connectivity index (χ2n) is 4.30. The van der Waals surface area contributed by atoms with Gasteiger partial charge in [0.05, 0.1) is 12.5 Å². The van der Waals surface area contributed by atoms with Gasteiger partial charge in [0, 0.05) is 18.5 Å². The molecule has 92 valence electrons. The van der Waals surface area contributed by atoms with Crippen molar-refractivity contribution in [3.63, 3.8) is 0 Å². The van der Waals surface area contributed by atoms with Crippen molar-refractivity contribution in [2.45, 2.75) is 25.7 Å². The van der Waals surface area contributed by atoms with Crippen LogP contribution in [0.25, 0.3) is 0 Å². The van der Waals surface area contributed by atoms with Crippen LogP contribution in [0.2, 0.25) is 0 Å². The summed E-state index contributed by atoms with van der Waals surface area (Å²) in [6, 6.07) is 9.27. The van der Waals surface area contributed by atoms with Crippen molar-refractivity contribution in [1.82, 2.24) is 4.90 Å². The van der Waals surface area contributed by atoms with E-state index in [9.17, 15) is 9.59 Å². The first-order valence-corrected chi connectivity index (χ1v) is 6.03. The molecule has 0 aliphatic carbocycles. The Bertz CT molecular complexity index is 517. The lowest BCUT2D eigenvalue weighted by atomic mass is 9.98. The number of hydrogen-bond acceptors (Lipinski definition) is 3. The van der Waals surface area contributed by atoms with Gasteiger partial charge in [0.2, 0.25) is 5.91 Å².